The van der Waals surface area contributed by atoms with E-state index < -0.39 is 0 Å². The highest BCUT2D eigenvalue weighted by Crippen LogP contribution is 2.45. The van der Waals surface area contributed by atoms with E-state index in [1.54, 1.807) is 0 Å². The van der Waals surface area contributed by atoms with E-state index >= 15 is 0 Å². The molecular weight excluding hydrogens is 657 g/mol. The molecule has 0 spiro atoms. The molecule has 240 valence electrons. The third-order valence-electron chi connectivity index (χ3n) is 8.71. The quantitative estimate of drug-likeness (QED) is 0.366. The number of nitrogens with zero attached hydrogens (tertiary/aromatic N) is 6. The maximum atomic E-state index is 6.10. The fraction of sp³-hybridized carbons (Fsp3) is 0.469. The smallest absolute Gasteiger partial charge is 0.189 e. The predicted octanol–water partition coefficient (Wildman–Crippen LogP) is 4.97. The van der Waals surface area contributed by atoms with Gasteiger partial charge in [-0.2, -0.15) is 0 Å². The van der Waals surface area contributed by atoms with E-state index in [-0.39, 0.29) is 10.9 Å². The van der Waals surface area contributed by atoms with Crippen molar-refractivity contribution in [2.75, 3.05) is 40.3 Å². The summed E-state index contributed by atoms with van der Waals surface area (Å²) in [5.74, 6) is 0. The van der Waals surface area contributed by atoms with Gasteiger partial charge in [0.2, 0.25) is 0 Å². The number of rotatable bonds is 0. The molecule has 45 heavy (non-hydrogen) atoms. The lowest BCUT2D eigenvalue weighted by Gasteiger charge is -2.37. The molecule has 2 N–H and O–H groups in total. The van der Waals surface area contributed by atoms with Crippen molar-refractivity contribution in [1.29, 1.82) is 0 Å². The average Bonchev–Trinajstić information content (AvgIpc) is 3.49. The van der Waals surface area contributed by atoms with Gasteiger partial charge in [0.15, 0.2) is 25.6 Å². The summed E-state index contributed by atoms with van der Waals surface area (Å²) in [6.45, 7) is 6.68. The van der Waals surface area contributed by atoms with Gasteiger partial charge in [0.25, 0.3) is 0 Å². The molecule has 0 atom stereocenters. The van der Waals surface area contributed by atoms with Gasteiger partial charge in [-0.3, -0.25) is 18.4 Å². The minimum Gasteiger partial charge on any atom is -0.358 e. The van der Waals surface area contributed by atoms with Crippen LogP contribution in [0.4, 0.5) is 0 Å². The zero-order chi connectivity index (χ0) is 31.5. The van der Waals surface area contributed by atoms with Crippen molar-refractivity contribution < 1.29 is 0 Å². The Kier molecular flexibility index (Phi) is 10.4. The maximum Gasteiger partial charge on any atom is 0.189 e. The van der Waals surface area contributed by atoms with Gasteiger partial charge in [0.05, 0.1) is 23.9 Å². The van der Waals surface area contributed by atoms with Gasteiger partial charge >= 0.3 is 0 Å². The molecule has 6 heterocycles. The Morgan fingerprint density at radius 1 is 0.533 bits per heavy atom. The highest BCUT2D eigenvalue weighted by atomic mass is 32.2. The first kappa shape index (κ1) is 32.4. The molecule has 0 unspecified atom stereocenters. The molecule has 0 aromatic heterocycles. The number of hydrogen-bond acceptors (Lipinski definition) is 4. The Labute approximate surface area is 291 Å². The van der Waals surface area contributed by atoms with Crippen molar-refractivity contribution in [2.24, 2.45) is 0 Å². The SMILES string of the molecule is CN1CCCCCCN(C)C(=S)NCc2ccc(cc2)CN2C(=S)N3CCCN4C(=S)N(Cc5ccc(cc5)CNC1=S)S2=C43. The Bertz CT molecular complexity index is 1370. The second-order valence-corrected chi connectivity index (χ2v) is 15.3. The van der Waals surface area contributed by atoms with Crippen molar-refractivity contribution >= 4 is 85.3 Å². The fourth-order valence-corrected chi connectivity index (χ4v) is 9.77. The number of hydrogen-bond donors (Lipinski definition) is 2. The Balaban J connectivity index is 1.23. The van der Waals surface area contributed by atoms with E-state index in [0.29, 0.717) is 13.1 Å². The lowest BCUT2D eigenvalue weighted by molar-refractivity contribution is 0.390. The van der Waals surface area contributed by atoms with Crippen molar-refractivity contribution in [2.45, 2.75) is 58.3 Å². The molecule has 8 rings (SSSR count). The number of thiocarbonyl (C=S) groups is 4. The Morgan fingerprint density at radius 3 is 1.36 bits per heavy atom. The van der Waals surface area contributed by atoms with Gasteiger partial charge in [0, 0.05) is 53.4 Å². The molecule has 1 saturated heterocycles. The first-order valence-corrected chi connectivity index (χ1v) is 18.5. The summed E-state index contributed by atoms with van der Waals surface area (Å²) >= 11 is 23.6. The van der Waals surface area contributed by atoms with Crippen LogP contribution in [-0.2, 0) is 26.2 Å². The van der Waals surface area contributed by atoms with Gasteiger partial charge in [-0.15, -0.1) is 0 Å². The van der Waals surface area contributed by atoms with E-state index in [2.05, 4.69) is 101 Å². The van der Waals surface area contributed by atoms with Crippen molar-refractivity contribution in [3.05, 3.63) is 70.8 Å². The summed E-state index contributed by atoms with van der Waals surface area (Å²) in [6.07, 6.45) is 5.62. The van der Waals surface area contributed by atoms with Crippen LogP contribution >= 0.6 is 59.7 Å². The summed E-state index contributed by atoms with van der Waals surface area (Å²) in [5.41, 5.74) is 4.88. The van der Waals surface area contributed by atoms with Crippen LogP contribution in [-0.4, -0.2) is 94.0 Å². The van der Waals surface area contributed by atoms with Crippen LogP contribution < -0.4 is 10.6 Å². The molecular formula is C32H42N8S5. The van der Waals surface area contributed by atoms with Gasteiger partial charge < -0.3 is 20.4 Å². The molecule has 0 aliphatic carbocycles. The zero-order valence-electron chi connectivity index (χ0n) is 26.0. The molecule has 0 radical (unpaired) electrons. The predicted molar refractivity (Wildman–Crippen MR) is 202 cm³/mol. The van der Waals surface area contributed by atoms with Crippen molar-refractivity contribution in [3.8, 4) is 0 Å². The fourth-order valence-electron chi connectivity index (χ4n) is 6.00. The van der Waals surface area contributed by atoms with E-state index in [0.717, 1.165) is 79.0 Å². The van der Waals surface area contributed by atoms with Crippen molar-refractivity contribution in [3.63, 3.8) is 0 Å². The monoisotopic (exact) mass is 698 g/mol. The van der Waals surface area contributed by atoms with Crippen LogP contribution in [0, 0.1) is 0 Å². The van der Waals surface area contributed by atoms with Crippen LogP contribution in [0.2, 0.25) is 0 Å². The summed E-state index contributed by atoms with van der Waals surface area (Å²) in [4.78, 5) is 8.93. The Morgan fingerprint density at radius 2 is 0.933 bits per heavy atom. The number of nitrogens with one attached hydrogen (secondary N) is 2. The molecule has 0 amide bonds. The van der Waals surface area contributed by atoms with Gasteiger partial charge in [-0.05, 0) is 90.4 Å². The highest BCUT2D eigenvalue weighted by Gasteiger charge is 2.48. The number of benzene rings is 2. The van der Waals surface area contributed by atoms with Crippen LogP contribution in [0.5, 0.6) is 0 Å². The minimum absolute atomic E-state index is 0.370. The largest absolute Gasteiger partial charge is 0.358 e. The Hall–Kier alpha value is -2.58. The van der Waals surface area contributed by atoms with Gasteiger partial charge in [-0.1, -0.05) is 61.4 Å². The van der Waals surface area contributed by atoms with Gasteiger partial charge in [0.1, 0.15) is 0 Å². The van der Waals surface area contributed by atoms with Crippen LogP contribution in [0.1, 0.15) is 54.4 Å². The lowest BCUT2D eigenvalue weighted by Crippen LogP contribution is -2.52. The van der Waals surface area contributed by atoms with Crippen LogP contribution in [0.3, 0.4) is 0 Å². The van der Waals surface area contributed by atoms with E-state index in [4.69, 9.17) is 48.9 Å². The zero-order valence-corrected chi connectivity index (χ0v) is 30.1. The summed E-state index contributed by atoms with van der Waals surface area (Å²) in [5, 5.41) is 11.5. The molecule has 2 aromatic carbocycles. The topological polar surface area (TPSA) is 43.5 Å². The summed E-state index contributed by atoms with van der Waals surface area (Å²) < 4.78 is 4.75. The van der Waals surface area contributed by atoms with E-state index in [1.165, 1.54) is 40.2 Å². The molecule has 1 fully saturated rings. The molecule has 6 aliphatic heterocycles. The molecule has 6 aliphatic rings. The molecule has 8 nitrogen and oxygen atoms in total. The number of fused-ring (bicyclic) bond motifs is 2. The summed E-state index contributed by atoms with van der Waals surface area (Å²) in [7, 11) is 3.78. The average molecular weight is 699 g/mol. The summed E-state index contributed by atoms with van der Waals surface area (Å²) in [6, 6.07) is 17.7. The first-order valence-electron chi connectivity index (χ1n) is 15.7. The van der Waals surface area contributed by atoms with Crippen molar-refractivity contribution in [1.82, 2.24) is 38.8 Å². The third-order valence-corrected chi connectivity index (χ3v) is 12.9. The normalized spacial score (nSPS) is 21.0. The van der Waals surface area contributed by atoms with Crippen LogP contribution in [0.25, 0.3) is 0 Å². The van der Waals surface area contributed by atoms with E-state index in [9.17, 15) is 0 Å². The molecule has 13 heteroatoms. The third kappa shape index (κ3) is 7.22. The second-order valence-electron chi connectivity index (χ2n) is 12.0. The standard InChI is InChI=1S/C32H42N8S5/c1-35-16-5-3-4-6-17-36(2)29(42)34-21-25-10-14-27(15-11-25)23-40-31(44)38-19-7-18-37-30(43)39(45(40)32(37)38)22-26-12-8-24(9-13-26)20-33-28(35)41/h8-15H,3-7,16-23H2,1-2H3,(H,33,41)(H,34,42). The highest BCUT2D eigenvalue weighted by molar-refractivity contribution is 8.14. The van der Waals surface area contributed by atoms with E-state index in [1.807, 2.05) is 0 Å². The van der Waals surface area contributed by atoms with Crippen LogP contribution in [0.15, 0.2) is 48.5 Å². The minimum atomic E-state index is -0.370. The molecule has 0 saturated carbocycles. The van der Waals surface area contributed by atoms with Gasteiger partial charge in [-0.25, -0.2) is 0 Å². The lowest BCUT2D eigenvalue weighted by atomic mass is 10.1. The molecule has 4 bridgehead atoms. The first-order chi connectivity index (χ1) is 21.8. The second kappa shape index (κ2) is 14.5. The molecule has 2 aromatic rings. The maximum absolute atomic E-state index is 6.10.